The molecule has 1 amide bonds. The number of ether oxygens (including phenoxy) is 2. The van der Waals surface area contributed by atoms with Gasteiger partial charge < -0.3 is 19.0 Å². The van der Waals surface area contributed by atoms with Crippen molar-refractivity contribution in [3.63, 3.8) is 0 Å². The number of aryl methyl sites for hydroxylation is 2. The predicted molar refractivity (Wildman–Crippen MR) is 127 cm³/mol. The number of aromatic nitrogens is 1. The first-order valence-electron chi connectivity index (χ1n) is 11.2. The third kappa shape index (κ3) is 7.15. The van der Waals surface area contributed by atoms with E-state index in [0.29, 0.717) is 31.0 Å². The number of morpholine rings is 1. The number of hydrogen-bond donors (Lipinski definition) is 1. The van der Waals surface area contributed by atoms with Crippen LogP contribution < -0.4 is 9.50 Å². The van der Waals surface area contributed by atoms with Gasteiger partial charge in [0.15, 0.2) is 5.75 Å². The molecule has 0 unspecified atom stereocenters. The molecular weight excluding hydrogens is 458 g/mol. The number of hydrogen-bond acceptors (Lipinski definition) is 8. The van der Waals surface area contributed by atoms with Crippen molar-refractivity contribution in [2.45, 2.75) is 58.2 Å². The van der Waals surface area contributed by atoms with Crippen LogP contribution in [0.4, 0.5) is 4.79 Å². The molecule has 9 nitrogen and oxygen atoms in total. The average molecular weight is 492 g/mol. The van der Waals surface area contributed by atoms with E-state index in [9.17, 15) is 13.2 Å². The summed E-state index contributed by atoms with van der Waals surface area (Å²) < 4.78 is 42.5. The highest BCUT2D eigenvalue weighted by Gasteiger charge is 2.25. The number of alkyl carbamates (subject to hydrolysis) is 1. The van der Waals surface area contributed by atoms with Gasteiger partial charge in [0.2, 0.25) is 0 Å². The van der Waals surface area contributed by atoms with Crippen LogP contribution in [0.15, 0.2) is 35.4 Å². The Hall–Kier alpha value is -2.69. The van der Waals surface area contributed by atoms with Crippen LogP contribution in [0.2, 0.25) is 0 Å². The van der Waals surface area contributed by atoms with Crippen LogP contribution in [-0.4, -0.2) is 56.3 Å². The lowest BCUT2D eigenvalue weighted by Gasteiger charge is -2.28. The molecule has 0 radical (unpaired) electrons. The Morgan fingerprint density at radius 2 is 1.79 bits per heavy atom. The second kappa shape index (κ2) is 10.7. The van der Waals surface area contributed by atoms with E-state index in [-0.39, 0.29) is 17.2 Å². The molecule has 1 aromatic carbocycles. The van der Waals surface area contributed by atoms with E-state index in [2.05, 4.69) is 15.2 Å². The minimum Gasteiger partial charge on any atom is -0.444 e. The van der Waals surface area contributed by atoms with E-state index >= 15 is 0 Å². The molecule has 0 bridgehead atoms. The Kier molecular flexibility index (Phi) is 8.17. The van der Waals surface area contributed by atoms with Crippen molar-refractivity contribution < 1.29 is 26.9 Å². The molecule has 1 N–H and O–H groups in total. The minimum atomic E-state index is -4.11. The van der Waals surface area contributed by atoms with Crippen LogP contribution in [0.3, 0.4) is 0 Å². The van der Waals surface area contributed by atoms with E-state index in [1.807, 2.05) is 6.92 Å². The van der Waals surface area contributed by atoms with E-state index in [4.69, 9.17) is 13.7 Å². The van der Waals surface area contributed by atoms with Crippen molar-refractivity contribution >= 4 is 16.2 Å². The SMILES string of the molecule is Cc1ccc(S(=O)(=O)Oc2c(C)ncc(CN3CCOCC3)c2CNC(=O)OC(C)(C)C)cc1. The highest BCUT2D eigenvalue weighted by atomic mass is 32.2. The lowest BCUT2D eigenvalue weighted by molar-refractivity contribution is 0.0340. The van der Waals surface area contributed by atoms with Crippen LogP contribution in [0.1, 0.15) is 43.2 Å². The van der Waals surface area contributed by atoms with Crippen molar-refractivity contribution in [3.8, 4) is 5.75 Å². The molecule has 3 rings (SSSR count). The molecule has 34 heavy (non-hydrogen) atoms. The summed E-state index contributed by atoms with van der Waals surface area (Å²) in [6, 6.07) is 6.43. The summed E-state index contributed by atoms with van der Waals surface area (Å²) in [4.78, 5) is 19.0. The van der Waals surface area contributed by atoms with Gasteiger partial charge >= 0.3 is 16.2 Å². The minimum absolute atomic E-state index is 0.0245. The zero-order valence-electron chi connectivity index (χ0n) is 20.4. The van der Waals surface area contributed by atoms with Gasteiger partial charge in [-0.3, -0.25) is 9.88 Å². The van der Waals surface area contributed by atoms with E-state index in [1.165, 1.54) is 12.1 Å². The third-order valence-electron chi connectivity index (χ3n) is 5.21. The van der Waals surface area contributed by atoms with Crippen molar-refractivity contribution in [2.75, 3.05) is 26.3 Å². The molecule has 186 valence electrons. The zero-order valence-corrected chi connectivity index (χ0v) is 21.2. The normalized spacial score (nSPS) is 15.1. The molecule has 1 aromatic heterocycles. The van der Waals surface area contributed by atoms with Gasteiger partial charge in [-0.1, -0.05) is 17.7 Å². The monoisotopic (exact) mass is 491 g/mol. The second-order valence-corrected chi connectivity index (χ2v) is 10.8. The van der Waals surface area contributed by atoms with Crippen LogP contribution in [0, 0.1) is 13.8 Å². The number of pyridine rings is 1. The Morgan fingerprint density at radius 1 is 1.15 bits per heavy atom. The van der Waals surface area contributed by atoms with Crippen molar-refractivity contribution in [3.05, 3.63) is 52.8 Å². The molecule has 1 fully saturated rings. The van der Waals surface area contributed by atoms with E-state index in [0.717, 1.165) is 24.2 Å². The third-order valence-corrected chi connectivity index (χ3v) is 6.45. The highest BCUT2D eigenvalue weighted by molar-refractivity contribution is 7.87. The summed E-state index contributed by atoms with van der Waals surface area (Å²) in [5, 5.41) is 2.73. The molecule has 1 saturated heterocycles. The number of nitrogens with zero attached hydrogens (tertiary/aromatic N) is 2. The Labute approximate surface area is 201 Å². The summed E-state index contributed by atoms with van der Waals surface area (Å²) in [6.07, 6.45) is 1.09. The summed E-state index contributed by atoms with van der Waals surface area (Å²) in [5.74, 6) is 0.113. The molecule has 2 heterocycles. The molecule has 0 spiro atoms. The summed E-state index contributed by atoms with van der Waals surface area (Å²) in [5.41, 5.74) is 1.98. The fourth-order valence-electron chi connectivity index (χ4n) is 3.45. The maximum atomic E-state index is 13.1. The lowest BCUT2D eigenvalue weighted by atomic mass is 10.1. The summed E-state index contributed by atoms with van der Waals surface area (Å²) in [7, 11) is -4.11. The quantitative estimate of drug-likeness (QED) is 0.588. The molecule has 10 heteroatoms. The van der Waals surface area contributed by atoms with Gasteiger partial charge in [-0.25, -0.2) is 4.79 Å². The van der Waals surface area contributed by atoms with Gasteiger partial charge in [0, 0.05) is 31.4 Å². The van der Waals surface area contributed by atoms with Gasteiger partial charge in [-0.2, -0.15) is 8.42 Å². The van der Waals surface area contributed by atoms with Crippen molar-refractivity contribution in [1.29, 1.82) is 0 Å². The summed E-state index contributed by atoms with van der Waals surface area (Å²) in [6.45, 7) is 12.1. The maximum absolute atomic E-state index is 13.1. The maximum Gasteiger partial charge on any atom is 0.407 e. The lowest BCUT2D eigenvalue weighted by Crippen LogP contribution is -2.36. The first-order chi connectivity index (χ1) is 15.9. The highest BCUT2D eigenvalue weighted by Crippen LogP contribution is 2.30. The number of rotatable bonds is 7. The van der Waals surface area contributed by atoms with Crippen LogP contribution in [-0.2, 0) is 32.7 Å². The number of carbonyl (C=O) groups excluding carboxylic acids is 1. The fraction of sp³-hybridized carbons (Fsp3) is 0.500. The smallest absolute Gasteiger partial charge is 0.407 e. The Balaban J connectivity index is 1.94. The number of nitrogens with one attached hydrogen (secondary N) is 1. The van der Waals surface area contributed by atoms with E-state index in [1.54, 1.807) is 46.0 Å². The molecule has 1 aliphatic heterocycles. The van der Waals surface area contributed by atoms with E-state index < -0.39 is 21.8 Å². The molecule has 2 aromatic rings. The Bertz CT molecular complexity index is 1100. The van der Waals surface area contributed by atoms with Crippen LogP contribution in [0.25, 0.3) is 0 Å². The number of amides is 1. The molecule has 0 saturated carbocycles. The van der Waals surface area contributed by atoms with Gasteiger partial charge in [0.05, 0.1) is 25.5 Å². The number of benzene rings is 1. The largest absolute Gasteiger partial charge is 0.444 e. The summed E-state index contributed by atoms with van der Waals surface area (Å²) >= 11 is 0. The first-order valence-corrected chi connectivity index (χ1v) is 12.6. The first kappa shape index (κ1) is 25.9. The second-order valence-electron chi connectivity index (χ2n) is 9.27. The van der Waals surface area contributed by atoms with Gasteiger partial charge in [-0.05, 0) is 52.3 Å². The van der Waals surface area contributed by atoms with Gasteiger partial charge in [0.25, 0.3) is 0 Å². The van der Waals surface area contributed by atoms with Crippen molar-refractivity contribution in [2.24, 2.45) is 0 Å². The molecular formula is C24H33N3O6S. The molecule has 0 atom stereocenters. The van der Waals surface area contributed by atoms with Crippen molar-refractivity contribution in [1.82, 2.24) is 15.2 Å². The standard InChI is InChI=1S/C24H33N3O6S/c1-17-6-8-20(9-7-17)34(29,30)33-22-18(2)25-14-19(16-27-10-12-31-13-11-27)21(22)15-26-23(28)32-24(3,4)5/h6-9,14H,10-13,15-16H2,1-5H3,(H,26,28). The average Bonchev–Trinajstić information content (AvgIpc) is 2.75. The predicted octanol–water partition coefficient (Wildman–Crippen LogP) is 3.32. The molecule has 1 aliphatic rings. The van der Waals surface area contributed by atoms with Gasteiger partial charge in [-0.15, -0.1) is 0 Å². The number of carbonyl (C=O) groups is 1. The fourth-order valence-corrected chi connectivity index (χ4v) is 4.46. The van der Waals surface area contributed by atoms with Crippen LogP contribution in [0.5, 0.6) is 5.75 Å². The van der Waals surface area contributed by atoms with Crippen LogP contribution >= 0.6 is 0 Å². The molecule has 0 aliphatic carbocycles. The topological polar surface area (TPSA) is 107 Å². The van der Waals surface area contributed by atoms with Gasteiger partial charge in [0.1, 0.15) is 10.5 Å². The Morgan fingerprint density at radius 3 is 2.41 bits per heavy atom. The zero-order chi connectivity index (χ0) is 24.9.